The molecule has 1 saturated heterocycles. The zero-order valence-corrected chi connectivity index (χ0v) is 11.8. The van der Waals surface area contributed by atoms with Gasteiger partial charge in [-0.2, -0.15) is 4.31 Å². The molecule has 1 aromatic heterocycles. The summed E-state index contributed by atoms with van der Waals surface area (Å²) in [6, 6.07) is 7.18. The molecule has 3 rings (SSSR count). The van der Waals surface area contributed by atoms with Gasteiger partial charge in [-0.1, -0.05) is 17.3 Å². The van der Waals surface area contributed by atoms with Crippen LogP contribution in [0.1, 0.15) is 18.5 Å². The highest BCUT2D eigenvalue weighted by molar-refractivity contribution is 7.88. The molecule has 0 aliphatic carbocycles. The van der Waals surface area contributed by atoms with Crippen molar-refractivity contribution in [3.05, 3.63) is 30.0 Å². The van der Waals surface area contributed by atoms with Gasteiger partial charge in [0.25, 0.3) is 0 Å². The fourth-order valence-corrected chi connectivity index (χ4v) is 4.48. The Balaban J connectivity index is 1.90. The first kappa shape index (κ1) is 13.5. The van der Waals surface area contributed by atoms with Crippen molar-refractivity contribution >= 4 is 21.0 Å². The zero-order chi connectivity index (χ0) is 14.2. The van der Waals surface area contributed by atoms with Crippen LogP contribution in [0.4, 0.5) is 0 Å². The van der Waals surface area contributed by atoms with E-state index in [4.69, 9.17) is 10.3 Å². The molecule has 7 heteroatoms. The number of hydrogen-bond donors (Lipinski definition) is 1. The van der Waals surface area contributed by atoms with Crippen LogP contribution in [0.2, 0.25) is 0 Å². The molecule has 0 spiro atoms. The summed E-state index contributed by atoms with van der Waals surface area (Å²) in [6.45, 7) is 0.902. The SMILES string of the molecule is NCC1CCCN1S(=O)(=O)Cc1noc2ccccc12. The van der Waals surface area contributed by atoms with Gasteiger partial charge in [0.1, 0.15) is 11.4 Å². The van der Waals surface area contributed by atoms with Crippen LogP contribution in [-0.2, 0) is 15.8 Å². The van der Waals surface area contributed by atoms with Crippen LogP contribution in [0.5, 0.6) is 0 Å². The van der Waals surface area contributed by atoms with Crippen molar-refractivity contribution < 1.29 is 12.9 Å². The molecular formula is C13H17N3O3S. The van der Waals surface area contributed by atoms with Crippen molar-refractivity contribution in [3.63, 3.8) is 0 Å². The summed E-state index contributed by atoms with van der Waals surface area (Å²) in [5.41, 5.74) is 6.71. The molecule has 20 heavy (non-hydrogen) atoms. The van der Waals surface area contributed by atoms with Gasteiger partial charge in [0.15, 0.2) is 5.58 Å². The number of hydrogen-bond acceptors (Lipinski definition) is 5. The molecule has 0 radical (unpaired) electrons. The Kier molecular flexibility index (Phi) is 3.49. The normalized spacial score (nSPS) is 20.8. The van der Waals surface area contributed by atoms with Crippen LogP contribution in [0.15, 0.2) is 28.8 Å². The summed E-state index contributed by atoms with van der Waals surface area (Å²) < 4.78 is 31.7. The van der Waals surface area contributed by atoms with Gasteiger partial charge in [-0.3, -0.25) is 0 Å². The highest BCUT2D eigenvalue weighted by atomic mass is 32.2. The highest BCUT2D eigenvalue weighted by Crippen LogP contribution is 2.25. The first-order chi connectivity index (χ1) is 9.62. The summed E-state index contributed by atoms with van der Waals surface area (Å²) in [4.78, 5) is 0. The molecule has 1 aliphatic heterocycles. The minimum atomic E-state index is -3.40. The summed E-state index contributed by atoms with van der Waals surface area (Å²) in [5.74, 6) is -0.138. The highest BCUT2D eigenvalue weighted by Gasteiger charge is 2.34. The van der Waals surface area contributed by atoms with E-state index in [-0.39, 0.29) is 11.8 Å². The Labute approximate surface area is 117 Å². The quantitative estimate of drug-likeness (QED) is 0.911. The molecule has 2 N–H and O–H groups in total. The molecular weight excluding hydrogens is 278 g/mol. The van der Waals surface area contributed by atoms with E-state index in [2.05, 4.69) is 5.16 Å². The van der Waals surface area contributed by atoms with Crippen LogP contribution in [-0.4, -0.2) is 37.0 Å². The lowest BCUT2D eigenvalue weighted by molar-refractivity contribution is 0.390. The monoisotopic (exact) mass is 295 g/mol. The Morgan fingerprint density at radius 2 is 2.20 bits per heavy atom. The number of nitrogens with two attached hydrogens (primary N) is 1. The summed E-state index contributed by atoms with van der Waals surface area (Å²) in [6.07, 6.45) is 1.69. The Hall–Kier alpha value is -1.44. The Morgan fingerprint density at radius 1 is 1.40 bits per heavy atom. The molecule has 2 aromatic rings. The van der Waals surface area contributed by atoms with Crippen LogP contribution in [0.25, 0.3) is 11.0 Å². The van der Waals surface area contributed by atoms with Gasteiger partial charge in [-0.25, -0.2) is 8.42 Å². The van der Waals surface area contributed by atoms with E-state index in [0.717, 1.165) is 18.2 Å². The third-order valence-corrected chi connectivity index (χ3v) is 5.56. The molecule has 2 heterocycles. The van der Waals surface area contributed by atoms with Crippen molar-refractivity contribution in [3.8, 4) is 0 Å². The minimum Gasteiger partial charge on any atom is -0.356 e. The fraction of sp³-hybridized carbons (Fsp3) is 0.462. The molecule has 6 nitrogen and oxygen atoms in total. The molecule has 0 saturated carbocycles. The minimum absolute atomic E-state index is 0.0850. The van der Waals surface area contributed by atoms with Crippen molar-refractivity contribution in [2.75, 3.05) is 13.1 Å². The second-order valence-electron chi connectivity index (χ2n) is 5.02. The Morgan fingerprint density at radius 3 is 3.00 bits per heavy atom. The second kappa shape index (κ2) is 5.16. The zero-order valence-electron chi connectivity index (χ0n) is 11.0. The van der Waals surface area contributed by atoms with Crippen LogP contribution < -0.4 is 5.73 Å². The average Bonchev–Trinajstić information content (AvgIpc) is 3.06. The standard InChI is InChI=1S/C13H17N3O3S/c14-8-10-4-3-7-16(10)20(17,18)9-12-11-5-1-2-6-13(11)19-15-12/h1-2,5-6,10H,3-4,7-9,14H2. The molecule has 1 unspecified atom stereocenters. The lowest BCUT2D eigenvalue weighted by Crippen LogP contribution is -2.40. The first-order valence-corrected chi connectivity index (χ1v) is 8.25. The van der Waals surface area contributed by atoms with E-state index >= 15 is 0 Å². The third kappa shape index (κ3) is 2.32. The topological polar surface area (TPSA) is 89.4 Å². The molecule has 0 amide bonds. The molecule has 1 aromatic carbocycles. The third-order valence-electron chi connectivity index (χ3n) is 3.72. The van der Waals surface area contributed by atoms with E-state index < -0.39 is 10.0 Å². The van der Waals surface area contributed by atoms with Crippen molar-refractivity contribution in [1.29, 1.82) is 0 Å². The van der Waals surface area contributed by atoms with Gasteiger partial charge in [0.2, 0.25) is 10.0 Å². The van der Waals surface area contributed by atoms with Crippen molar-refractivity contribution in [2.24, 2.45) is 5.73 Å². The average molecular weight is 295 g/mol. The number of nitrogens with zero attached hydrogens (tertiary/aromatic N) is 2. The van der Waals surface area contributed by atoms with Gasteiger partial charge in [0, 0.05) is 24.5 Å². The largest absolute Gasteiger partial charge is 0.356 e. The molecule has 0 bridgehead atoms. The number of benzene rings is 1. The van der Waals surface area contributed by atoms with Crippen LogP contribution >= 0.6 is 0 Å². The number of fused-ring (bicyclic) bond motifs is 1. The lowest BCUT2D eigenvalue weighted by Gasteiger charge is -2.22. The maximum atomic E-state index is 12.5. The van der Waals surface area contributed by atoms with Crippen molar-refractivity contribution in [2.45, 2.75) is 24.6 Å². The maximum absolute atomic E-state index is 12.5. The first-order valence-electron chi connectivity index (χ1n) is 6.64. The fourth-order valence-electron chi connectivity index (χ4n) is 2.71. The van der Waals surface area contributed by atoms with E-state index in [1.165, 1.54) is 4.31 Å². The van der Waals surface area contributed by atoms with Gasteiger partial charge in [-0.15, -0.1) is 0 Å². The van der Waals surface area contributed by atoms with Crippen LogP contribution in [0, 0.1) is 0 Å². The van der Waals surface area contributed by atoms with Gasteiger partial charge >= 0.3 is 0 Å². The van der Waals surface area contributed by atoms with Gasteiger partial charge < -0.3 is 10.3 Å². The van der Waals surface area contributed by atoms with Crippen molar-refractivity contribution in [1.82, 2.24) is 9.46 Å². The molecule has 1 aliphatic rings. The summed E-state index contributed by atoms with van der Waals surface area (Å²) in [7, 11) is -3.40. The summed E-state index contributed by atoms with van der Waals surface area (Å²) in [5, 5.41) is 4.64. The van der Waals surface area contributed by atoms with E-state index in [1.807, 2.05) is 18.2 Å². The number of para-hydroxylation sites is 1. The summed E-state index contributed by atoms with van der Waals surface area (Å²) >= 11 is 0. The predicted molar refractivity (Wildman–Crippen MR) is 75.4 cm³/mol. The van der Waals surface area contributed by atoms with E-state index in [9.17, 15) is 8.42 Å². The number of aromatic nitrogens is 1. The number of rotatable bonds is 4. The van der Waals surface area contributed by atoms with E-state index in [0.29, 0.717) is 24.4 Å². The lowest BCUT2D eigenvalue weighted by atomic mass is 10.2. The molecule has 1 atom stereocenters. The second-order valence-corrected chi connectivity index (χ2v) is 6.95. The van der Waals surface area contributed by atoms with Gasteiger partial charge in [-0.05, 0) is 25.0 Å². The Bertz CT molecular complexity index is 710. The number of sulfonamides is 1. The smallest absolute Gasteiger partial charge is 0.220 e. The predicted octanol–water partition coefficient (Wildman–Crippen LogP) is 1.08. The maximum Gasteiger partial charge on any atom is 0.220 e. The van der Waals surface area contributed by atoms with Crippen LogP contribution in [0.3, 0.4) is 0 Å². The molecule has 1 fully saturated rings. The molecule has 108 valence electrons. The van der Waals surface area contributed by atoms with E-state index in [1.54, 1.807) is 6.07 Å². The van der Waals surface area contributed by atoms with Gasteiger partial charge in [0.05, 0.1) is 0 Å².